The molecular weight excluding hydrogens is 446 g/mol. The van der Waals surface area contributed by atoms with E-state index in [-0.39, 0.29) is 23.9 Å². The molecule has 2 rings (SSSR count). The van der Waals surface area contributed by atoms with Crippen molar-refractivity contribution >= 4 is 33.7 Å². The molecule has 1 heterocycles. The number of hydrogen-bond acceptors (Lipinski definition) is 9. The Labute approximate surface area is 185 Å². The fraction of sp³-hybridized carbons (Fsp3) is 0.474. The van der Waals surface area contributed by atoms with Gasteiger partial charge in [-0.25, -0.2) is 12.7 Å². The molecule has 1 aromatic heterocycles. The van der Waals surface area contributed by atoms with E-state index < -0.39 is 34.2 Å². The number of nitrogens with one attached hydrogen (secondary N) is 1. The predicted octanol–water partition coefficient (Wildman–Crippen LogP) is 0.592. The number of benzene rings is 1. The SMILES string of the molecule is CSCCC(O)C(O)C(Cc1ccc(O)cc1)NC(=O)c1coc(N(C)S(C)(=O)=O)n1. The van der Waals surface area contributed by atoms with Gasteiger partial charge in [-0.3, -0.25) is 4.79 Å². The summed E-state index contributed by atoms with van der Waals surface area (Å²) in [5.41, 5.74) is 0.545. The number of amides is 1. The van der Waals surface area contributed by atoms with Gasteiger partial charge in [-0.1, -0.05) is 12.1 Å². The molecule has 4 N–H and O–H groups in total. The summed E-state index contributed by atoms with van der Waals surface area (Å²) in [6, 6.07) is 5.10. The molecule has 172 valence electrons. The Morgan fingerprint density at radius 2 is 1.94 bits per heavy atom. The highest BCUT2D eigenvalue weighted by Crippen LogP contribution is 2.18. The van der Waals surface area contributed by atoms with Crippen molar-refractivity contribution < 1.29 is 32.9 Å². The topological polar surface area (TPSA) is 153 Å². The summed E-state index contributed by atoms with van der Waals surface area (Å²) in [5.74, 6) is 0.00886. The predicted molar refractivity (Wildman–Crippen MR) is 118 cm³/mol. The van der Waals surface area contributed by atoms with Crippen LogP contribution in [0.15, 0.2) is 34.9 Å². The van der Waals surface area contributed by atoms with Gasteiger partial charge in [0.15, 0.2) is 5.69 Å². The normalized spacial score (nSPS) is 14.6. The molecule has 2 aromatic rings. The third kappa shape index (κ3) is 7.13. The van der Waals surface area contributed by atoms with E-state index in [1.54, 1.807) is 12.1 Å². The number of anilines is 1. The lowest BCUT2D eigenvalue weighted by molar-refractivity contribution is -0.00410. The van der Waals surface area contributed by atoms with Crippen molar-refractivity contribution in [1.82, 2.24) is 10.3 Å². The monoisotopic (exact) mass is 473 g/mol. The van der Waals surface area contributed by atoms with Crippen LogP contribution in [0.3, 0.4) is 0 Å². The summed E-state index contributed by atoms with van der Waals surface area (Å²) in [6.45, 7) is 0. The van der Waals surface area contributed by atoms with Crippen LogP contribution in [0.5, 0.6) is 5.75 Å². The second-order valence-electron chi connectivity index (χ2n) is 7.04. The van der Waals surface area contributed by atoms with Gasteiger partial charge in [0.1, 0.15) is 18.1 Å². The van der Waals surface area contributed by atoms with Gasteiger partial charge >= 0.3 is 6.01 Å². The summed E-state index contributed by atoms with van der Waals surface area (Å²) >= 11 is 1.52. The van der Waals surface area contributed by atoms with Crippen LogP contribution in [0, 0.1) is 0 Å². The number of aliphatic hydroxyl groups excluding tert-OH is 2. The number of aliphatic hydroxyl groups is 2. The van der Waals surface area contributed by atoms with E-state index in [0.29, 0.717) is 12.2 Å². The molecule has 0 fully saturated rings. The molecule has 0 saturated carbocycles. The number of oxazole rings is 1. The molecule has 3 atom stereocenters. The van der Waals surface area contributed by atoms with Crippen molar-refractivity contribution in [3.8, 4) is 5.75 Å². The highest BCUT2D eigenvalue weighted by atomic mass is 32.2. The Morgan fingerprint density at radius 1 is 1.29 bits per heavy atom. The Morgan fingerprint density at radius 3 is 2.52 bits per heavy atom. The number of carbonyl (C=O) groups excluding carboxylic acids is 1. The van der Waals surface area contributed by atoms with Gasteiger partial charge in [0.2, 0.25) is 10.0 Å². The van der Waals surface area contributed by atoms with Gasteiger partial charge in [0.05, 0.1) is 18.4 Å². The number of sulfonamides is 1. The largest absolute Gasteiger partial charge is 0.508 e. The van der Waals surface area contributed by atoms with Crippen LogP contribution >= 0.6 is 11.8 Å². The summed E-state index contributed by atoms with van der Waals surface area (Å²) in [4.78, 5) is 16.6. The molecule has 0 radical (unpaired) electrons. The minimum atomic E-state index is -3.62. The number of hydrogen-bond donors (Lipinski definition) is 4. The minimum Gasteiger partial charge on any atom is -0.508 e. The first-order valence-electron chi connectivity index (χ1n) is 9.36. The molecule has 31 heavy (non-hydrogen) atoms. The lowest BCUT2D eigenvalue weighted by Crippen LogP contribution is -2.50. The van der Waals surface area contributed by atoms with Gasteiger partial charge in [-0.15, -0.1) is 0 Å². The fourth-order valence-electron chi connectivity index (χ4n) is 2.72. The lowest BCUT2D eigenvalue weighted by Gasteiger charge is -2.27. The van der Waals surface area contributed by atoms with Crippen molar-refractivity contribution in [3.05, 3.63) is 41.8 Å². The van der Waals surface area contributed by atoms with Crippen LogP contribution in [0.2, 0.25) is 0 Å². The molecular formula is C19H27N3O7S2. The molecule has 0 aliphatic rings. The Balaban J connectivity index is 2.20. The molecule has 0 bridgehead atoms. The lowest BCUT2D eigenvalue weighted by atomic mass is 9.96. The van der Waals surface area contributed by atoms with Crippen LogP contribution in [-0.4, -0.2) is 78.2 Å². The number of thioether (sulfide) groups is 1. The number of rotatable bonds is 11. The molecule has 1 amide bonds. The van der Waals surface area contributed by atoms with Crippen LogP contribution in [0.25, 0.3) is 0 Å². The molecule has 0 aliphatic carbocycles. The number of nitrogens with zero attached hydrogens (tertiary/aromatic N) is 2. The second kappa shape index (κ2) is 10.8. The quantitative estimate of drug-likeness (QED) is 0.367. The average Bonchev–Trinajstić information content (AvgIpc) is 3.21. The summed E-state index contributed by atoms with van der Waals surface area (Å²) in [7, 11) is -2.38. The van der Waals surface area contributed by atoms with Crippen molar-refractivity contribution in [2.24, 2.45) is 0 Å². The number of carbonyl (C=O) groups is 1. The number of aromatic hydroxyl groups is 1. The summed E-state index contributed by atoms with van der Waals surface area (Å²) in [6.07, 6.45) is 2.03. The fourth-order valence-corrected chi connectivity index (χ4v) is 3.56. The maximum absolute atomic E-state index is 12.7. The van der Waals surface area contributed by atoms with E-state index in [2.05, 4.69) is 10.3 Å². The molecule has 0 saturated heterocycles. The second-order valence-corrected chi connectivity index (χ2v) is 10.0. The minimum absolute atomic E-state index is 0.0787. The first kappa shape index (κ1) is 25.0. The number of aromatic nitrogens is 1. The Kier molecular flexibility index (Phi) is 8.74. The van der Waals surface area contributed by atoms with Crippen molar-refractivity contribution in [3.63, 3.8) is 0 Å². The smallest absolute Gasteiger partial charge is 0.311 e. The average molecular weight is 474 g/mol. The van der Waals surface area contributed by atoms with Crippen molar-refractivity contribution in [2.45, 2.75) is 31.1 Å². The zero-order valence-corrected chi connectivity index (χ0v) is 19.1. The molecule has 12 heteroatoms. The van der Waals surface area contributed by atoms with Gasteiger partial charge in [-0.2, -0.15) is 16.7 Å². The maximum atomic E-state index is 12.7. The molecule has 0 aliphatic heterocycles. The van der Waals surface area contributed by atoms with E-state index >= 15 is 0 Å². The highest BCUT2D eigenvalue weighted by molar-refractivity contribution is 7.98. The van der Waals surface area contributed by atoms with Crippen molar-refractivity contribution in [2.75, 3.05) is 29.6 Å². The van der Waals surface area contributed by atoms with E-state index in [1.807, 2.05) is 6.26 Å². The Hall–Kier alpha value is -2.28. The van der Waals surface area contributed by atoms with E-state index in [0.717, 1.165) is 22.4 Å². The van der Waals surface area contributed by atoms with Crippen LogP contribution in [0.4, 0.5) is 6.01 Å². The molecule has 0 spiro atoms. The Bertz CT molecular complexity index is 963. The van der Waals surface area contributed by atoms with Crippen LogP contribution < -0.4 is 9.62 Å². The first-order chi connectivity index (χ1) is 14.5. The number of phenols is 1. The zero-order valence-electron chi connectivity index (χ0n) is 17.4. The third-order valence-corrected chi connectivity index (χ3v) is 6.42. The first-order valence-corrected chi connectivity index (χ1v) is 12.6. The molecule has 1 aromatic carbocycles. The third-order valence-electron chi connectivity index (χ3n) is 4.62. The van der Waals surface area contributed by atoms with E-state index in [4.69, 9.17) is 4.42 Å². The van der Waals surface area contributed by atoms with Gasteiger partial charge < -0.3 is 25.1 Å². The van der Waals surface area contributed by atoms with Crippen LogP contribution in [-0.2, 0) is 16.4 Å². The van der Waals surface area contributed by atoms with Gasteiger partial charge in [0, 0.05) is 7.05 Å². The highest BCUT2D eigenvalue weighted by Gasteiger charge is 2.29. The standard InChI is InChI=1S/C19H27N3O7S2/c1-22(31(3,27)28)19-21-15(11-29-19)18(26)20-14(17(25)16(24)8-9-30-2)10-12-4-6-13(23)7-5-12/h4-7,11,14,16-17,23-25H,8-10H2,1-3H3,(H,20,26). The van der Waals surface area contributed by atoms with Crippen molar-refractivity contribution in [1.29, 1.82) is 0 Å². The summed E-state index contributed by atoms with van der Waals surface area (Å²) in [5, 5.41) is 33.1. The van der Waals surface area contributed by atoms with E-state index in [1.165, 1.54) is 30.9 Å². The van der Waals surface area contributed by atoms with Gasteiger partial charge in [-0.05, 0) is 42.5 Å². The number of phenolic OH excluding ortho intramolecular Hbond substituents is 1. The van der Waals surface area contributed by atoms with Crippen LogP contribution in [0.1, 0.15) is 22.5 Å². The molecule has 10 nitrogen and oxygen atoms in total. The van der Waals surface area contributed by atoms with E-state index in [9.17, 15) is 28.5 Å². The molecule has 3 unspecified atom stereocenters. The maximum Gasteiger partial charge on any atom is 0.311 e. The summed E-state index contributed by atoms with van der Waals surface area (Å²) < 4.78 is 29.1. The zero-order chi connectivity index (χ0) is 23.2. The van der Waals surface area contributed by atoms with Gasteiger partial charge in [0.25, 0.3) is 5.91 Å².